The van der Waals surface area contributed by atoms with Crippen molar-refractivity contribution in [2.75, 3.05) is 47.5 Å². The van der Waals surface area contributed by atoms with Gasteiger partial charge in [-0.2, -0.15) is 0 Å². The van der Waals surface area contributed by atoms with E-state index < -0.39 is 6.04 Å². The van der Waals surface area contributed by atoms with Crippen LogP contribution in [0.5, 0.6) is 17.2 Å². The molecule has 0 N–H and O–H groups in total. The summed E-state index contributed by atoms with van der Waals surface area (Å²) in [4.78, 5) is 32.0. The van der Waals surface area contributed by atoms with Gasteiger partial charge < -0.3 is 28.4 Å². The zero-order valence-corrected chi connectivity index (χ0v) is 22.4. The number of likely N-dealkylation sites (N-methyl/N-ethyl adjacent to an activating group) is 1. The van der Waals surface area contributed by atoms with Crippen molar-refractivity contribution in [1.29, 1.82) is 0 Å². The van der Waals surface area contributed by atoms with Gasteiger partial charge in [0.25, 0.3) is 5.91 Å². The van der Waals surface area contributed by atoms with E-state index in [0.29, 0.717) is 52.4 Å². The molecule has 1 amide bonds. The number of benzene rings is 3. The molecule has 4 aromatic rings. The van der Waals surface area contributed by atoms with E-state index in [1.165, 1.54) is 7.11 Å². The highest BCUT2D eigenvalue weighted by Gasteiger charge is 2.43. The van der Waals surface area contributed by atoms with Crippen LogP contribution in [0.25, 0.3) is 21.7 Å². The average molecular weight is 517 g/mol. The quantitative estimate of drug-likeness (QED) is 0.294. The van der Waals surface area contributed by atoms with Crippen molar-refractivity contribution in [3.63, 3.8) is 0 Å². The normalized spacial score (nSPS) is 14.9. The van der Waals surface area contributed by atoms with E-state index >= 15 is 0 Å². The van der Waals surface area contributed by atoms with Crippen LogP contribution in [0.3, 0.4) is 0 Å². The van der Waals surface area contributed by atoms with Crippen molar-refractivity contribution < 1.29 is 23.4 Å². The number of hydrogen-bond acceptors (Lipinski definition) is 7. The van der Waals surface area contributed by atoms with Crippen LogP contribution in [-0.4, -0.2) is 63.2 Å². The Morgan fingerprint density at radius 1 is 0.895 bits per heavy atom. The van der Waals surface area contributed by atoms with Gasteiger partial charge in [-0.1, -0.05) is 44.2 Å². The summed E-state index contributed by atoms with van der Waals surface area (Å²) in [5.74, 6) is 1.11. The van der Waals surface area contributed by atoms with Crippen LogP contribution in [0, 0.1) is 0 Å². The van der Waals surface area contributed by atoms with Crippen LogP contribution >= 0.6 is 0 Å². The largest absolute Gasteiger partial charge is 0.493 e. The van der Waals surface area contributed by atoms with E-state index in [2.05, 4.69) is 18.7 Å². The molecular formula is C30H32N2O6. The van der Waals surface area contributed by atoms with E-state index in [1.54, 1.807) is 37.3 Å². The lowest BCUT2D eigenvalue weighted by Crippen LogP contribution is -2.37. The van der Waals surface area contributed by atoms with Crippen molar-refractivity contribution in [3.8, 4) is 17.2 Å². The first kappa shape index (κ1) is 25.6. The van der Waals surface area contributed by atoms with Gasteiger partial charge in [-0.05, 0) is 42.2 Å². The summed E-state index contributed by atoms with van der Waals surface area (Å²) in [5.41, 5.74) is 1.21. The average Bonchev–Trinajstić information content (AvgIpc) is 3.24. The van der Waals surface area contributed by atoms with Gasteiger partial charge in [0.2, 0.25) is 11.5 Å². The molecule has 0 saturated carbocycles. The van der Waals surface area contributed by atoms with Crippen LogP contribution in [-0.2, 0) is 0 Å². The van der Waals surface area contributed by atoms with Gasteiger partial charge >= 0.3 is 0 Å². The maximum Gasteiger partial charge on any atom is 0.290 e. The Morgan fingerprint density at radius 3 is 2.21 bits per heavy atom. The molecule has 8 nitrogen and oxygen atoms in total. The third-order valence-corrected chi connectivity index (χ3v) is 7.41. The highest BCUT2D eigenvalue weighted by atomic mass is 16.5. The number of fused-ring (bicyclic) bond motifs is 4. The molecule has 0 spiro atoms. The van der Waals surface area contributed by atoms with Crippen molar-refractivity contribution in [2.45, 2.75) is 19.9 Å². The molecule has 0 saturated heterocycles. The highest BCUT2D eigenvalue weighted by molar-refractivity contribution is 6.06. The Kier molecular flexibility index (Phi) is 6.99. The summed E-state index contributed by atoms with van der Waals surface area (Å²) in [7, 11) is 4.62. The van der Waals surface area contributed by atoms with Gasteiger partial charge in [0.1, 0.15) is 5.58 Å². The number of rotatable bonds is 9. The van der Waals surface area contributed by atoms with Gasteiger partial charge in [0.05, 0.1) is 38.3 Å². The fourth-order valence-corrected chi connectivity index (χ4v) is 5.37. The third-order valence-electron chi connectivity index (χ3n) is 7.41. The van der Waals surface area contributed by atoms with Crippen molar-refractivity contribution >= 4 is 27.6 Å². The number of carbonyl (C=O) groups excluding carboxylic acids is 1. The Labute approximate surface area is 221 Å². The molecule has 3 aromatic carbocycles. The second-order valence-corrected chi connectivity index (χ2v) is 9.22. The van der Waals surface area contributed by atoms with Gasteiger partial charge in [-0.25, -0.2) is 0 Å². The molecule has 1 aliphatic rings. The first-order valence-electron chi connectivity index (χ1n) is 12.8. The van der Waals surface area contributed by atoms with Crippen LogP contribution in [0.4, 0.5) is 0 Å². The number of methoxy groups -OCH3 is 3. The SMILES string of the molecule is CCN(CC)CCN1C(=O)c2oc3c(ccc4ccccc43)c(=O)c2C1c1cc(OC)c(OC)c(OC)c1. The molecule has 5 rings (SSSR count). The first-order valence-corrected chi connectivity index (χ1v) is 12.8. The molecule has 1 aromatic heterocycles. The predicted octanol–water partition coefficient (Wildman–Crippen LogP) is 4.86. The second-order valence-electron chi connectivity index (χ2n) is 9.22. The molecule has 2 heterocycles. The molecule has 1 unspecified atom stereocenters. The smallest absolute Gasteiger partial charge is 0.290 e. The molecule has 1 aliphatic heterocycles. The zero-order chi connectivity index (χ0) is 27.0. The minimum Gasteiger partial charge on any atom is -0.493 e. The lowest BCUT2D eigenvalue weighted by molar-refractivity contribution is 0.0708. The Bertz CT molecular complexity index is 1550. The second kappa shape index (κ2) is 10.4. The summed E-state index contributed by atoms with van der Waals surface area (Å²) in [6.45, 7) is 6.96. The number of ether oxygens (including phenoxy) is 3. The molecule has 38 heavy (non-hydrogen) atoms. The number of nitrogens with zero attached hydrogens (tertiary/aromatic N) is 2. The van der Waals surface area contributed by atoms with E-state index in [-0.39, 0.29) is 17.1 Å². The van der Waals surface area contributed by atoms with Gasteiger partial charge in [0.15, 0.2) is 16.9 Å². The predicted molar refractivity (Wildman–Crippen MR) is 147 cm³/mol. The minimum atomic E-state index is -0.672. The lowest BCUT2D eigenvalue weighted by Gasteiger charge is -2.28. The van der Waals surface area contributed by atoms with E-state index in [9.17, 15) is 9.59 Å². The standard InChI is InChI=1S/C30H32N2O6/c1-6-31(7-2)14-15-32-25(19-16-22(35-3)28(37-5)23(17-19)36-4)24-26(33)21-13-12-18-10-8-9-11-20(18)27(21)38-29(24)30(32)34/h8-13,16-17,25H,6-7,14-15H2,1-5H3. The number of carbonyl (C=O) groups is 1. The summed E-state index contributed by atoms with van der Waals surface area (Å²) < 4.78 is 23.0. The zero-order valence-electron chi connectivity index (χ0n) is 22.4. The molecule has 0 bridgehead atoms. The fraction of sp³-hybridized carbons (Fsp3) is 0.333. The van der Waals surface area contributed by atoms with Crippen LogP contribution < -0.4 is 19.6 Å². The summed E-state index contributed by atoms with van der Waals surface area (Å²) in [6, 6.07) is 14.3. The topological polar surface area (TPSA) is 81.5 Å². The first-order chi connectivity index (χ1) is 18.5. The van der Waals surface area contributed by atoms with E-state index in [4.69, 9.17) is 18.6 Å². The van der Waals surface area contributed by atoms with Crippen molar-refractivity contribution in [2.24, 2.45) is 0 Å². The Balaban J connectivity index is 1.76. The summed E-state index contributed by atoms with van der Waals surface area (Å²) >= 11 is 0. The van der Waals surface area contributed by atoms with Gasteiger partial charge in [0, 0.05) is 18.5 Å². The molecule has 0 aliphatic carbocycles. The number of hydrogen-bond donors (Lipinski definition) is 0. The Morgan fingerprint density at radius 2 is 1.58 bits per heavy atom. The third kappa shape index (κ3) is 4.05. The van der Waals surface area contributed by atoms with Crippen molar-refractivity contribution in [3.05, 3.63) is 75.6 Å². The van der Waals surface area contributed by atoms with Gasteiger partial charge in [-0.15, -0.1) is 0 Å². The molecule has 0 radical (unpaired) electrons. The fourth-order valence-electron chi connectivity index (χ4n) is 5.37. The number of amides is 1. The van der Waals surface area contributed by atoms with E-state index in [1.807, 2.05) is 30.3 Å². The molecule has 8 heteroatoms. The summed E-state index contributed by atoms with van der Waals surface area (Å²) in [5, 5.41) is 2.18. The monoisotopic (exact) mass is 516 g/mol. The molecule has 0 fully saturated rings. The van der Waals surface area contributed by atoms with Gasteiger partial charge in [-0.3, -0.25) is 9.59 Å². The molecule has 1 atom stereocenters. The molecular weight excluding hydrogens is 484 g/mol. The van der Waals surface area contributed by atoms with Crippen LogP contribution in [0.15, 0.2) is 57.7 Å². The minimum absolute atomic E-state index is 0.0807. The molecule has 198 valence electrons. The maximum atomic E-state index is 14.1. The van der Waals surface area contributed by atoms with Crippen LogP contribution in [0.2, 0.25) is 0 Å². The lowest BCUT2D eigenvalue weighted by atomic mass is 9.97. The summed E-state index contributed by atoms with van der Waals surface area (Å²) in [6.07, 6.45) is 0. The maximum absolute atomic E-state index is 14.1. The van der Waals surface area contributed by atoms with Crippen LogP contribution in [0.1, 0.15) is 41.6 Å². The van der Waals surface area contributed by atoms with E-state index in [0.717, 1.165) is 23.9 Å². The Hall–Kier alpha value is -4.04. The van der Waals surface area contributed by atoms with Crippen molar-refractivity contribution in [1.82, 2.24) is 9.80 Å². The highest BCUT2D eigenvalue weighted by Crippen LogP contribution is 2.45.